The molecule has 0 saturated carbocycles. The third-order valence-corrected chi connectivity index (χ3v) is 8.49. The average molecular weight is 531 g/mol. The van der Waals surface area contributed by atoms with Gasteiger partial charge < -0.3 is 15.2 Å². The molecule has 0 radical (unpaired) electrons. The fourth-order valence-corrected chi connectivity index (χ4v) is 6.21. The highest BCUT2D eigenvalue weighted by atomic mass is 35.5. The maximum Gasteiger partial charge on any atom is 0.224 e. The summed E-state index contributed by atoms with van der Waals surface area (Å²) in [7, 11) is 0. The molecule has 2 aromatic carbocycles. The number of benzene rings is 2. The number of unbranched alkanes of at least 4 members (excludes halogenated alkanes) is 1. The Kier molecular flexibility index (Phi) is 7.69. The first-order chi connectivity index (χ1) is 16.9. The van der Waals surface area contributed by atoms with E-state index in [0.717, 1.165) is 49.0 Å². The molecular formula is C30H37Cl2NO3. The number of phenolic OH excluding ortho intramolecular Hbond substituents is 1. The van der Waals surface area contributed by atoms with Crippen molar-refractivity contribution in [3.63, 3.8) is 0 Å². The number of carbonyl (C=O) groups is 1. The molecule has 2 atom stereocenters. The molecule has 1 amide bonds. The van der Waals surface area contributed by atoms with Gasteiger partial charge in [0.1, 0.15) is 17.1 Å². The third-order valence-electron chi connectivity index (χ3n) is 7.95. The van der Waals surface area contributed by atoms with Crippen molar-refractivity contribution >= 4 is 34.8 Å². The van der Waals surface area contributed by atoms with Crippen molar-refractivity contribution in [1.29, 1.82) is 0 Å². The van der Waals surface area contributed by atoms with Crippen LogP contribution in [0.4, 0.5) is 5.69 Å². The Morgan fingerprint density at radius 3 is 2.67 bits per heavy atom. The number of anilines is 1. The summed E-state index contributed by atoms with van der Waals surface area (Å²) < 4.78 is 6.51. The number of allylic oxidation sites excluding steroid dienone is 2. The van der Waals surface area contributed by atoms with Crippen LogP contribution in [0.2, 0.25) is 10.0 Å². The van der Waals surface area contributed by atoms with Crippen LogP contribution in [0.3, 0.4) is 0 Å². The second-order valence-electron chi connectivity index (χ2n) is 11.6. The molecule has 4 nitrogen and oxygen atoms in total. The summed E-state index contributed by atoms with van der Waals surface area (Å²) >= 11 is 12.1. The molecule has 0 fully saturated rings. The number of nitrogens with one attached hydrogen (secondary N) is 1. The molecule has 2 aliphatic rings. The Bertz CT molecular complexity index is 1180. The van der Waals surface area contributed by atoms with Gasteiger partial charge in [0, 0.05) is 28.8 Å². The molecule has 194 valence electrons. The number of hydrogen-bond acceptors (Lipinski definition) is 3. The Labute approximate surface area is 225 Å². The zero-order valence-electron chi connectivity index (χ0n) is 21.9. The molecule has 1 aliphatic heterocycles. The SMILES string of the molecule is CC1=CC[C@@H]2[C@@H](C1)c1c(O)cc(C(C)(C)CCCCC(=O)Nc3ccc(Cl)cc3Cl)cc1OC2(C)C. The van der Waals surface area contributed by atoms with Gasteiger partial charge >= 0.3 is 0 Å². The number of ether oxygens (including phenoxy) is 1. The maximum absolute atomic E-state index is 12.4. The van der Waals surface area contributed by atoms with Crippen LogP contribution in [0, 0.1) is 5.92 Å². The third kappa shape index (κ3) is 5.70. The molecule has 0 bridgehead atoms. The minimum absolute atomic E-state index is 0.0644. The summed E-state index contributed by atoms with van der Waals surface area (Å²) in [4.78, 5) is 12.4. The van der Waals surface area contributed by atoms with E-state index in [9.17, 15) is 9.90 Å². The van der Waals surface area contributed by atoms with E-state index in [1.807, 2.05) is 6.07 Å². The molecule has 1 aliphatic carbocycles. The summed E-state index contributed by atoms with van der Waals surface area (Å²) in [5, 5.41) is 15.0. The van der Waals surface area contributed by atoms with Crippen LogP contribution in [0.5, 0.6) is 11.5 Å². The Balaban J connectivity index is 1.40. The highest BCUT2D eigenvalue weighted by Crippen LogP contribution is 2.55. The van der Waals surface area contributed by atoms with Gasteiger partial charge in [0.25, 0.3) is 0 Å². The lowest BCUT2D eigenvalue weighted by molar-refractivity contribution is -0.116. The normalized spacial score (nSPS) is 20.6. The number of amides is 1. The standard InChI is InChI=1S/C30H37Cl2NO3/c1-18-9-11-22-21(14-18)28-25(34)15-19(16-26(28)36-30(22,4)5)29(2,3)13-7-6-8-27(35)33-24-12-10-20(31)17-23(24)32/h9-10,12,15-17,21-22,34H,6-8,11,13-14H2,1-5H3,(H,33,35)/t21-,22-/m1/s1. The van der Waals surface area contributed by atoms with Gasteiger partial charge in [-0.2, -0.15) is 0 Å². The van der Waals surface area contributed by atoms with Crippen LogP contribution in [0.15, 0.2) is 42.0 Å². The Morgan fingerprint density at radius 2 is 1.94 bits per heavy atom. The van der Waals surface area contributed by atoms with Crippen molar-refractivity contribution in [2.75, 3.05) is 5.32 Å². The molecule has 1 heterocycles. The van der Waals surface area contributed by atoms with E-state index >= 15 is 0 Å². The number of phenols is 1. The number of rotatable bonds is 7. The fourth-order valence-electron chi connectivity index (χ4n) is 5.76. The van der Waals surface area contributed by atoms with Crippen LogP contribution in [0.1, 0.15) is 90.2 Å². The Morgan fingerprint density at radius 1 is 1.19 bits per heavy atom. The summed E-state index contributed by atoms with van der Waals surface area (Å²) in [6.07, 6.45) is 7.20. The van der Waals surface area contributed by atoms with Gasteiger partial charge in [-0.25, -0.2) is 0 Å². The lowest BCUT2D eigenvalue weighted by Gasteiger charge is -2.47. The molecule has 6 heteroatoms. The minimum Gasteiger partial charge on any atom is -0.508 e. The number of carbonyl (C=O) groups excluding carboxylic acids is 1. The number of halogens is 2. The van der Waals surface area contributed by atoms with E-state index in [-0.39, 0.29) is 22.8 Å². The topological polar surface area (TPSA) is 58.6 Å². The molecule has 0 unspecified atom stereocenters. The fraction of sp³-hybridized carbons (Fsp3) is 0.500. The summed E-state index contributed by atoms with van der Waals surface area (Å²) in [5.41, 5.74) is 3.52. The van der Waals surface area contributed by atoms with Crippen LogP contribution in [-0.4, -0.2) is 16.6 Å². The predicted molar refractivity (Wildman–Crippen MR) is 149 cm³/mol. The van der Waals surface area contributed by atoms with Crippen LogP contribution in [-0.2, 0) is 10.2 Å². The van der Waals surface area contributed by atoms with Gasteiger partial charge in [-0.05, 0) is 87.8 Å². The van der Waals surface area contributed by atoms with E-state index in [0.29, 0.717) is 33.8 Å². The molecular weight excluding hydrogens is 493 g/mol. The average Bonchev–Trinajstić information content (AvgIpc) is 2.77. The van der Waals surface area contributed by atoms with E-state index in [2.05, 4.69) is 52.1 Å². The molecule has 36 heavy (non-hydrogen) atoms. The largest absolute Gasteiger partial charge is 0.508 e. The van der Waals surface area contributed by atoms with E-state index in [4.69, 9.17) is 27.9 Å². The first-order valence-electron chi connectivity index (χ1n) is 12.8. The molecule has 0 aromatic heterocycles. The molecule has 4 rings (SSSR count). The lowest BCUT2D eigenvalue weighted by Crippen LogP contribution is -2.45. The van der Waals surface area contributed by atoms with Crippen molar-refractivity contribution in [2.24, 2.45) is 5.92 Å². The van der Waals surface area contributed by atoms with Gasteiger partial charge in [0.05, 0.1) is 10.7 Å². The lowest BCUT2D eigenvalue weighted by atomic mass is 9.66. The van der Waals surface area contributed by atoms with Gasteiger partial charge in [-0.1, -0.05) is 55.1 Å². The summed E-state index contributed by atoms with van der Waals surface area (Å²) in [6.45, 7) is 10.9. The number of aromatic hydroxyl groups is 1. The van der Waals surface area contributed by atoms with Crippen LogP contribution >= 0.6 is 23.2 Å². The summed E-state index contributed by atoms with van der Waals surface area (Å²) in [6, 6.07) is 9.10. The second kappa shape index (κ2) is 10.3. The number of fused-ring (bicyclic) bond motifs is 3. The first-order valence-corrected chi connectivity index (χ1v) is 13.6. The van der Waals surface area contributed by atoms with Crippen molar-refractivity contribution in [3.05, 3.63) is 63.2 Å². The quantitative estimate of drug-likeness (QED) is 0.278. The van der Waals surface area contributed by atoms with E-state index in [1.165, 1.54) is 5.57 Å². The number of hydrogen-bond donors (Lipinski definition) is 2. The van der Waals surface area contributed by atoms with Crippen molar-refractivity contribution in [3.8, 4) is 11.5 Å². The zero-order valence-corrected chi connectivity index (χ0v) is 23.4. The van der Waals surface area contributed by atoms with Gasteiger partial charge in [-0.15, -0.1) is 0 Å². The van der Waals surface area contributed by atoms with Crippen molar-refractivity contribution in [2.45, 2.75) is 90.1 Å². The summed E-state index contributed by atoms with van der Waals surface area (Å²) in [5.74, 6) is 1.73. The van der Waals surface area contributed by atoms with E-state index < -0.39 is 0 Å². The smallest absolute Gasteiger partial charge is 0.224 e. The van der Waals surface area contributed by atoms with Crippen molar-refractivity contribution < 1.29 is 14.6 Å². The van der Waals surface area contributed by atoms with Crippen LogP contribution in [0.25, 0.3) is 0 Å². The zero-order chi connectivity index (χ0) is 26.3. The van der Waals surface area contributed by atoms with Crippen LogP contribution < -0.4 is 10.1 Å². The van der Waals surface area contributed by atoms with E-state index in [1.54, 1.807) is 18.2 Å². The molecule has 2 aromatic rings. The molecule has 0 saturated heterocycles. The van der Waals surface area contributed by atoms with Crippen molar-refractivity contribution in [1.82, 2.24) is 0 Å². The monoisotopic (exact) mass is 529 g/mol. The second-order valence-corrected chi connectivity index (χ2v) is 12.4. The van der Waals surface area contributed by atoms with Gasteiger partial charge in [-0.3, -0.25) is 4.79 Å². The van der Waals surface area contributed by atoms with Gasteiger partial charge in [0.2, 0.25) is 5.91 Å². The highest BCUT2D eigenvalue weighted by Gasteiger charge is 2.46. The minimum atomic E-state index is -0.287. The maximum atomic E-state index is 12.4. The highest BCUT2D eigenvalue weighted by molar-refractivity contribution is 6.36. The van der Waals surface area contributed by atoms with Gasteiger partial charge in [0.15, 0.2) is 0 Å². The molecule has 2 N–H and O–H groups in total. The Hall–Kier alpha value is -2.17. The first kappa shape index (κ1) is 26.9. The predicted octanol–water partition coefficient (Wildman–Crippen LogP) is 8.79. The molecule has 0 spiro atoms.